The summed E-state index contributed by atoms with van der Waals surface area (Å²) in [5, 5.41) is 2.76. The molecule has 1 aromatic carbocycles. The van der Waals surface area contributed by atoms with Gasteiger partial charge >= 0.3 is 0 Å². The summed E-state index contributed by atoms with van der Waals surface area (Å²) >= 11 is 0. The number of nitrogens with one attached hydrogen (secondary N) is 2. The van der Waals surface area contributed by atoms with Crippen LogP contribution in [-0.2, 0) is 21.2 Å². The Bertz CT molecular complexity index is 821. The van der Waals surface area contributed by atoms with Gasteiger partial charge in [-0.25, -0.2) is 13.1 Å². The van der Waals surface area contributed by atoms with E-state index in [1.807, 2.05) is 31.2 Å². The van der Waals surface area contributed by atoms with E-state index in [1.165, 1.54) is 0 Å². The van der Waals surface area contributed by atoms with Gasteiger partial charge in [0.1, 0.15) is 0 Å². The highest BCUT2D eigenvalue weighted by molar-refractivity contribution is 7.89. The first-order valence-electron chi connectivity index (χ1n) is 8.12. The summed E-state index contributed by atoms with van der Waals surface area (Å²) in [6.45, 7) is 4.20. The van der Waals surface area contributed by atoms with Crippen molar-refractivity contribution in [3.05, 3.63) is 59.4 Å². The van der Waals surface area contributed by atoms with Gasteiger partial charge in [-0.15, -0.1) is 0 Å². The number of hydrogen-bond donors (Lipinski definition) is 2. The normalized spacial score (nSPS) is 11.3. The van der Waals surface area contributed by atoms with Crippen molar-refractivity contribution in [2.75, 3.05) is 13.1 Å². The monoisotopic (exact) mass is 361 g/mol. The molecule has 0 aliphatic heterocycles. The van der Waals surface area contributed by atoms with Gasteiger partial charge in [-0.1, -0.05) is 23.8 Å². The van der Waals surface area contributed by atoms with E-state index in [-0.39, 0.29) is 23.8 Å². The van der Waals surface area contributed by atoms with E-state index in [1.54, 1.807) is 25.3 Å². The van der Waals surface area contributed by atoms with Gasteiger partial charge < -0.3 is 5.32 Å². The molecule has 2 N–H and O–H groups in total. The SMILES string of the molecule is Cc1ccc(S(=O)(=O)NCCC(=O)NCCc2ccccn2)c(C)c1. The number of aromatic nitrogens is 1. The van der Waals surface area contributed by atoms with Gasteiger partial charge in [-0.2, -0.15) is 0 Å². The van der Waals surface area contributed by atoms with E-state index in [9.17, 15) is 13.2 Å². The molecule has 0 bridgehead atoms. The fourth-order valence-corrected chi connectivity index (χ4v) is 3.70. The minimum Gasteiger partial charge on any atom is -0.356 e. The second kappa shape index (κ2) is 8.73. The van der Waals surface area contributed by atoms with Crippen LogP contribution in [0.5, 0.6) is 0 Å². The lowest BCUT2D eigenvalue weighted by Gasteiger charge is -2.10. The fraction of sp³-hybridized carbons (Fsp3) is 0.333. The van der Waals surface area contributed by atoms with Crippen LogP contribution in [0.1, 0.15) is 23.2 Å². The molecule has 0 aliphatic rings. The predicted molar refractivity (Wildman–Crippen MR) is 96.7 cm³/mol. The Morgan fingerprint density at radius 1 is 1.12 bits per heavy atom. The molecular formula is C18H23N3O3S. The van der Waals surface area contributed by atoms with Gasteiger partial charge in [0, 0.05) is 37.8 Å². The topological polar surface area (TPSA) is 88.2 Å². The van der Waals surface area contributed by atoms with E-state index in [0.29, 0.717) is 18.5 Å². The molecule has 0 aliphatic carbocycles. The van der Waals surface area contributed by atoms with E-state index in [4.69, 9.17) is 0 Å². The first-order valence-corrected chi connectivity index (χ1v) is 9.60. The summed E-state index contributed by atoms with van der Waals surface area (Å²) in [5.74, 6) is -0.195. The van der Waals surface area contributed by atoms with Crippen molar-refractivity contribution in [1.82, 2.24) is 15.0 Å². The van der Waals surface area contributed by atoms with E-state index >= 15 is 0 Å². The smallest absolute Gasteiger partial charge is 0.240 e. The van der Waals surface area contributed by atoms with Crippen molar-refractivity contribution in [1.29, 1.82) is 0 Å². The number of rotatable bonds is 8. The average Bonchev–Trinajstić information content (AvgIpc) is 2.55. The number of sulfonamides is 1. The number of hydrogen-bond acceptors (Lipinski definition) is 4. The third-order valence-corrected chi connectivity index (χ3v) is 5.31. The number of carbonyl (C=O) groups excluding carboxylic acids is 1. The van der Waals surface area contributed by atoms with Crippen LogP contribution in [0, 0.1) is 13.8 Å². The van der Waals surface area contributed by atoms with Gasteiger partial charge in [0.15, 0.2) is 0 Å². The highest BCUT2D eigenvalue weighted by Gasteiger charge is 2.16. The van der Waals surface area contributed by atoms with Crippen molar-refractivity contribution in [2.24, 2.45) is 0 Å². The van der Waals surface area contributed by atoms with E-state index < -0.39 is 10.0 Å². The average molecular weight is 361 g/mol. The quantitative estimate of drug-likeness (QED) is 0.749. The Hall–Kier alpha value is -2.25. The zero-order valence-electron chi connectivity index (χ0n) is 14.5. The molecule has 0 saturated carbocycles. The van der Waals surface area contributed by atoms with Crippen LogP contribution in [-0.4, -0.2) is 32.4 Å². The second-order valence-electron chi connectivity index (χ2n) is 5.84. The van der Waals surface area contributed by atoms with Crippen molar-refractivity contribution < 1.29 is 13.2 Å². The summed E-state index contributed by atoms with van der Waals surface area (Å²) in [4.78, 5) is 16.2. The molecule has 1 amide bonds. The lowest BCUT2D eigenvalue weighted by atomic mass is 10.2. The predicted octanol–water partition coefficient (Wildman–Crippen LogP) is 1.73. The van der Waals surface area contributed by atoms with Crippen LogP contribution >= 0.6 is 0 Å². The van der Waals surface area contributed by atoms with Crippen molar-refractivity contribution in [2.45, 2.75) is 31.6 Å². The zero-order valence-corrected chi connectivity index (χ0v) is 15.3. The number of nitrogens with zero attached hydrogens (tertiary/aromatic N) is 1. The third kappa shape index (κ3) is 5.95. The molecule has 0 unspecified atom stereocenters. The first kappa shape index (κ1) is 19.1. The molecule has 6 nitrogen and oxygen atoms in total. The van der Waals surface area contributed by atoms with Crippen LogP contribution in [0.3, 0.4) is 0 Å². The van der Waals surface area contributed by atoms with Crippen LogP contribution < -0.4 is 10.0 Å². The maximum Gasteiger partial charge on any atom is 0.240 e. The molecule has 0 saturated heterocycles. The Kier molecular flexibility index (Phi) is 6.66. The lowest BCUT2D eigenvalue weighted by molar-refractivity contribution is -0.120. The van der Waals surface area contributed by atoms with Gasteiger partial charge in [-0.05, 0) is 37.6 Å². The summed E-state index contributed by atoms with van der Waals surface area (Å²) < 4.78 is 27.1. The van der Waals surface area contributed by atoms with E-state index in [2.05, 4.69) is 15.0 Å². The largest absolute Gasteiger partial charge is 0.356 e. The van der Waals surface area contributed by atoms with Crippen molar-refractivity contribution >= 4 is 15.9 Å². The third-order valence-electron chi connectivity index (χ3n) is 3.69. The Morgan fingerprint density at radius 2 is 1.92 bits per heavy atom. The van der Waals surface area contributed by atoms with Crippen LogP contribution in [0.4, 0.5) is 0 Å². The number of carbonyl (C=O) groups is 1. The molecule has 2 rings (SSSR count). The van der Waals surface area contributed by atoms with Gasteiger partial charge in [0.2, 0.25) is 15.9 Å². The molecule has 0 atom stereocenters. The molecule has 134 valence electrons. The summed E-state index contributed by atoms with van der Waals surface area (Å²) in [5.41, 5.74) is 2.59. The molecule has 1 aromatic heterocycles. The standard InChI is InChI=1S/C18H23N3O3S/c1-14-6-7-17(15(2)13-14)25(23,24)21-12-9-18(22)20-11-8-16-5-3-4-10-19-16/h3-7,10,13,21H,8-9,11-12H2,1-2H3,(H,20,22). The second-order valence-corrected chi connectivity index (χ2v) is 7.57. The minimum atomic E-state index is -3.61. The molecule has 2 aromatic rings. The molecule has 0 fully saturated rings. The molecule has 0 spiro atoms. The van der Waals surface area contributed by atoms with E-state index in [0.717, 1.165) is 11.3 Å². The fourth-order valence-electron chi connectivity index (χ4n) is 2.44. The van der Waals surface area contributed by atoms with Crippen LogP contribution in [0.2, 0.25) is 0 Å². The van der Waals surface area contributed by atoms with Crippen LogP contribution in [0.25, 0.3) is 0 Å². The lowest BCUT2D eigenvalue weighted by Crippen LogP contribution is -2.32. The summed E-state index contributed by atoms with van der Waals surface area (Å²) in [6.07, 6.45) is 2.44. The molecular weight excluding hydrogens is 338 g/mol. The Labute approximate surface area is 148 Å². The Morgan fingerprint density at radius 3 is 2.60 bits per heavy atom. The minimum absolute atomic E-state index is 0.0606. The summed E-state index contributed by atoms with van der Waals surface area (Å²) in [7, 11) is -3.61. The molecule has 7 heteroatoms. The summed E-state index contributed by atoms with van der Waals surface area (Å²) in [6, 6.07) is 10.8. The van der Waals surface area contributed by atoms with Crippen molar-refractivity contribution in [3.8, 4) is 0 Å². The van der Waals surface area contributed by atoms with Gasteiger partial charge in [0.05, 0.1) is 4.90 Å². The maximum absolute atomic E-state index is 12.3. The number of aryl methyl sites for hydroxylation is 2. The maximum atomic E-state index is 12.3. The molecule has 1 heterocycles. The highest BCUT2D eigenvalue weighted by Crippen LogP contribution is 2.16. The number of pyridine rings is 1. The van der Waals surface area contributed by atoms with Gasteiger partial charge in [-0.3, -0.25) is 9.78 Å². The number of benzene rings is 1. The molecule has 0 radical (unpaired) electrons. The van der Waals surface area contributed by atoms with Gasteiger partial charge in [0.25, 0.3) is 0 Å². The zero-order chi connectivity index (χ0) is 18.3. The molecule has 25 heavy (non-hydrogen) atoms. The Balaban J connectivity index is 1.76. The highest BCUT2D eigenvalue weighted by atomic mass is 32.2. The van der Waals surface area contributed by atoms with Crippen LogP contribution in [0.15, 0.2) is 47.5 Å². The first-order chi connectivity index (χ1) is 11.9. The van der Waals surface area contributed by atoms with Crippen molar-refractivity contribution in [3.63, 3.8) is 0 Å². The number of amides is 1.